The summed E-state index contributed by atoms with van der Waals surface area (Å²) in [5, 5.41) is 18.5. The van der Waals surface area contributed by atoms with Crippen molar-refractivity contribution in [3.05, 3.63) is 71.3 Å². The number of hydrazine groups is 1. The van der Waals surface area contributed by atoms with E-state index < -0.39 is 36.1 Å². The molecule has 0 aliphatic carbocycles. The molecule has 2 aromatic carbocycles. The van der Waals surface area contributed by atoms with Crippen LogP contribution in [0.5, 0.6) is 0 Å². The minimum atomic E-state index is -4.49. The number of alkyl halides is 3. The van der Waals surface area contributed by atoms with Gasteiger partial charge in [-0.15, -0.1) is 0 Å². The molecule has 3 amide bonds. The van der Waals surface area contributed by atoms with E-state index in [1.165, 1.54) is 24.3 Å². The van der Waals surface area contributed by atoms with Crippen LogP contribution in [0.1, 0.15) is 29.5 Å². The van der Waals surface area contributed by atoms with Gasteiger partial charge in [-0.25, -0.2) is 15.6 Å². The molecule has 248 valence electrons. The van der Waals surface area contributed by atoms with Gasteiger partial charge in [0, 0.05) is 19.5 Å². The van der Waals surface area contributed by atoms with Gasteiger partial charge in [0.05, 0.1) is 38.9 Å². The van der Waals surface area contributed by atoms with E-state index in [2.05, 4.69) is 26.8 Å². The Kier molecular flexibility index (Phi) is 14.0. The first kappa shape index (κ1) is 35.7. The van der Waals surface area contributed by atoms with Crippen molar-refractivity contribution in [1.82, 2.24) is 26.8 Å². The van der Waals surface area contributed by atoms with E-state index in [0.29, 0.717) is 5.56 Å². The summed E-state index contributed by atoms with van der Waals surface area (Å²) in [6.45, 7) is 1.45. The fourth-order valence-corrected chi connectivity index (χ4v) is 4.16. The molecule has 2 aromatic rings. The molecular weight excluding hydrogens is 601 g/mol. The van der Waals surface area contributed by atoms with Crippen LogP contribution in [0.3, 0.4) is 0 Å². The number of aliphatic hydroxyl groups is 1. The van der Waals surface area contributed by atoms with Gasteiger partial charge in [-0.3, -0.25) is 14.9 Å². The third-order valence-corrected chi connectivity index (χ3v) is 6.69. The highest BCUT2D eigenvalue weighted by Crippen LogP contribution is 2.42. The molecule has 8 N–H and O–H groups in total. The number of primary amides is 1. The number of nitrogens with one attached hydrogen (secondary N) is 5. The van der Waals surface area contributed by atoms with Crippen LogP contribution in [0.25, 0.3) is 0 Å². The molecule has 0 bridgehead atoms. The fraction of sp³-hybridized carbons (Fsp3) is 0.483. The summed E-state index contributed by atoms with van der Waals surface area (Å²) in [5.74, 6) is -0.872. The van der Waals surface area contributed by atoms with Gasteiger partial charge < -0.3 is 35.7 Å². The molecule has 1 saturated heterocycles. The van der Waals surface area contributed by atoms with Gasteiger partial charge in [0.25, 0.3) is 0 Å². The van der Waals surface area contributed by atoms with E-state index in [1.807, 2.05) is 18.2 Å². The summed E-state index contributed by atoms with van der Waals surface area (Å²) in [6.07, 6.45) is -6.38. The van der Waals surface area contributed by atoms with Crippen LogP contribution in [-0.2, 0) is 42.5 Å². The summed E-state index contributed by atoms with van der Waals surface area (Å²) in [7, 11) is 0. The number of carbonyl (C=O) groups excluding carboxylic acids is 3. The maximum Gasteiger partial charge on any atom is 0.426 e. The van der Waals surface area contributed by atoms with Gasteiger partial charge in [0.1, 0.15) is 12.8 Å². The lowest BCUT2D eigenvalue weighted by Crippen LogP contribution is -2.51. The van der Waals surface area contributed by atoms with Crippen molar-refractivity contribution >= 4 is 17.9 Å². The van der Waals surface area contributed by atoms with Crippen LogP contribution in [0.15, 0.2) is 54.6 Å². The average molecular weight is 641 g/mol. The average Bonchev–Trinajstić information content (AvgIpc) is 3.82. The van der Waals surface area contributed by atoms with Crippen molar-refractivity contribution in [2.24, 2.45) is 5.73 Å². The van der Waals surface area contributed by atoms with Crippen LogP contribution in [-0.4, -0.2) is 81.0 Å². The van der Waals surface area contributed by atoms with Crippen molar-refractivity contribution in [2.75, 3.05) is 39.5 Å². The molecule has 1 heterocycles. The molecule has 1 fully saturated rings. The van der Waals surface area contributed by atoms with Crippen molar-refractivity contribution in [2.45, 2.75) is 50.0 Å². The van der Waals surface area contributed by atoms with E-state index in [-0.39, 0.29) is 76.9 Å². The number of halogens is 3. The topological polar surface area (TPSA) is 205 Å². The zero-order chi connectivity index (χ0) is 32.7. The maximum atomic E-state index is 13.1. The molecule has 0 aromatic heterocycles. The molecule has 0 spiro atoms. The summed E-state index contributed by atoms with van der Waals surface area (Å²) >= 11 is 0. The lowest BCUT2D eigenvalue weighted by Gasteiger charge is -2.24. The van der Waals surface area contributed by atoms with E-state index in [0.717, 1.165) is 5.56 Å². The van der Waals surface area contributed by atoms with Crippen LogP contribution in [0, 0.1) is 0 Å². The Hall–Kier alpha value is -3.80. The maximum absolute atomic E-state index is 13.1. The zero-order valence-corrected chi connectivity index (χ0v) is 24.5. The predicted molar refractivity (Wildman–Crippen MR) is 155 cm³/mol. The highest BCUT2D eigenvalue weighted by molar-refractivity contribution is 5.78. The largest absolute Gasteiger partial charge is 0.445 e. The van der Waals surface area contributed by atoms with E-state index in [9.17, 15) is 32.7 Å². The SMILES string of the molecule is NC(=O)CCC(NC(=O)OCc1ccccc1)C(O)NCCOCCOCCNC(=O)Cc1ccc(C2(C(F)(F)F)NN2)cc1. The molecule has 1 aliphatic heterocycles. The number of rotatable bonds is 20. The van der Waals surface area contributed by atoms with Gasteiger partial charge >= 0.3 is 12.3 Å². The minimum Gasteiger partial charge on any atom is -0.445 e. The number of ether oxygens (including phenoxy) is 3. The number of aliphatic hydroxyl groups excluding tert-OH is 1. The van der Waals surface area contributed by atoms with E-state index in [4.69, 9.17) is 19.9 Å². The number of hydrogen-bond acceptors (Lipinski definition) is 10. The predicted octanol–water partition coefficient (Wildman–Crippen LogP) is 0.670. The monoisotopic (exact) mass is 640 g/mol. The van der Waals surface area contributed by atoms with Crippen molar-refractivity contribution < 1.29 is 46.9 Å². The Bertz CT molecular complexity index is 1220. The molecular formula is C29H39F3N6O7. The highest BCUT2D eigenvalue weighted by atomic mass is 19.4. The number of alkyl carbamates (subject to hydrolysis) is 1. The smallest absolute Gasteiger partial charge is 0.426 e. The van der Waals surface area contributed by atoms with Crippen LogP contribution >= 0.6 is 0 Å². The number of carbonyl (C=O) groups is 3. The van der Waals surface area contributed by atoms with Gasteiger partial charge in [-0.05, 0) is 23.1 Å². The first-order valence-electron chi connectivity index (χ1n) is 14.3. The second-order valence-corrected chi connectivity index (χ2v) is 10.2. The van der Waals surface area contributed by atoms with Crippen LogP contribution in [0.2, 0.25) is 0 Å². The molecule has 16 heteroatoms. The molecule has 13 nitrogen and oxygen atoms in total. The molecule has 45 heavy (non-hydrogen) atoms. The first-order chi connectivity index (χ1) is 21.5. The lowest BCUT2D eigenvalue weighted by atomic mass is 10.0. The zero-order valence-electron chi connectivity index (χ0n) is 24.5. The molecule has 0 saturated carbocycles. The van der Waals surface area contributed by atoms with Gasteiger partial charge in [-0.1, -0.05) is 54.6 Å². The summed E-state index contributed by atoms with van der Waals surface area (Å²) in [4.78, 5) is 35.5. The van der Waals surface area contributed by atoms with Gasteiger partial charge in [0.15, 0.2) is 0 Å². The second-order valence-electron chi connectivity index (χ2n) is 10.2. The number of nitrogens with two attached hydrogens (primary N) is 1. The molecule has 2 atom stereocenters. The Labute approximate surface area is 258 Å². The number of benzene rings is 2. The number of hydrogen-bond donors (Lipinski definition) is 7. The van der Waals surface area contributed by atoms with Crippen molar-refractivity contribution in [3.63, 3.8) is 0 Å². The first-order valence-corrected chi connectivity index (χ1v) is 14.3. The Morgan fingerprint density at radius 2 is 1.56 bits per heavy atom. The normalized spacial score (nSPS) is 15.1. The van der Waals surface area contributed by atoms with Crippen molar-refractivity contribution in [3.8, 4) is 0 Å². The second kappa shape index (κ2) is 17.6. The Morgan fingerprint density at radius 1 is 0.911 bits per heavy atom. The van der Waals surface area contributed by atoms with Gasteiger partial charge in [0.2, 0.25) is 17.5 Å². The van der Waals surface area contributed by atoms with E-state index in [1.54, 1.807) is 12.1 Å². The quantitative estimate of drug-likeness (QED) is 0.0612. The van der Waals surface area contributed by atoms with Crippen molar-refractivity contribution in [1.29, 1.82) is 0 Å². The fourth-order valence-electron chi connectivity index (χ4n) is 4.16. The summed E-state index contributed by atoms with van der Waals surface area (Å²) in [5.41, 5.74) is 8.62. The minimum absolute atomic E-state index is 0.00982. The van der Waals surface area contributed by atoms with Gasteiger partial charge in [-0.2, -0.15) is 13.2 Å². The van der Waals surface area contributed by atoms with Crippen LogP contribution < -0.4 is 32.5 Å². The molecule has 2 unspecified atom stereocenters. The van der Waals surface area contributed by atoms with Crippen LogP contribution in [0.4, 0.5) is 18.0 Å². The number of amides is 3. The molecule has 1 aliphatic rings. The molecule has 3 rings (SSSR count). The van der Waals surface area contributed by atoms with E-state index >= 15 is 0 Å². The Morgan fingerprint density at radius 3 is 2.16 bits per heavy atom. The highest BCUT2D eigenvalue weighted by Gasteiger charge is 2.65. The lowest BCUT2D eigenvalue weighted by molar-refractivity contribution is -0.165. The Balaban J connectivity index is 1.22. The third kappa shape index (κ3) is 12.3. The summed E-state index contributed by atoms with van der Waals surface area (Å²) < 4.78 is 55.5. The molecule has 0 radical (unpaired) electrons. The standard InChI is InChI=1S/C29H39F3N6O7/c30-29(31,32)28(37-38-28)22-8-6-20(7-9-22)18-25(40)34-12-14-43-16-17-44-15-13-35-26(41)23(10-11-24(33)39)36-27(42)45-19-21-4-2-1-3-5-21/h1-9,23,26,35,37-38,41H,10-19H2,(H2,33,39)(H,34,40)(H,36,42). The summed E-state index contributed by atoms with van der Waals surface area (Å²) in [6, 6.07) is 13.8. The third-order valence-electron chi connectivity index (χ3n) is 6.69.